The Morgan fingerprint density at radius 2 is 1.13 bits per heavy atom. The highest BCUT2D eigenvalue weighted by molar-refractivity contribution is 7.98. The fraction of sp³-hybridized carbons (Fsp3) is 0.703. The van der Waals surface area contributed by atoms with Gasteiger partial charge in [0, 0.05) is 13.0 Å². The van der Waals surface area contributed by atoms with Gasteiger partial charge in [0.25, 0.3) is 0 Å². The molecule has 0 radical (unpaired) electrons. The van der Waals surface area contributed by atoms with Gasteiger partial charge in [0.15, 0.2) is 5.96 Å². The standard InChI is InChI=1S/C37H67N13O12S/c1-19(2)16-25(31(56)44-18-28(52)45-24(36(61)62)9-7-14-43-37(41)42)49-33(58)22(10-11-27(40)51)47-34(59)23(12-15-63-4)48-35(60)26(17-29(53)54)50-32(57)21(8-5-6-13-38)46-30(55)20(3)39/h19-26H,5-18,38-39H2,1-4H3,(H2,40,51)(H,44,56)(H,45,52)(H,46,55)(H,47,59)(H,48,60)(H,49,58)(H,50,57)(H,53,54)(H,61,62)(H4,41,42,43)/t20-,21-,22-,23-,24-,25-,26-/m0/s1. The number of carboxylic acid groups (broad SMARTS) is 2. The van der Waals surface area contributed by atoms with Gasteiger partial charge in [0.05, 0.1) is 19.0 Å². The van der Waals surface area contributed by atoms with E-state index in [9.17, 15) is 58.2 Å². The lowest BCUT2D eigenvalue weighted by molar-refractivity contribution is -0.142. The maximum absolute atomic E-state index is 13.8. The summed E-state index contributed by atoms with van der Waals surface area (Å²) < 4.78 is 0. The fourth-order valence-corrected chi connectivity index (χ4v) is 6.07. The number of rotatable bonds is 33. The fourth-order valence-electron chi connectivity index (χ4n) is 5.60. The predicted octanol–water partition coefficient (Wildman–Crippen LogP) is -4.83. The van der Waals surface area contributed by atoms with Crippen LogP contribution in [-0.2, 0) is 47.9 Å². The number of hydrogen-bond acceptors (Lipinski definition) is 14. The zero-order chi connectivity index (χ0) is 48.2. The molecule has 0 aliphatic heterocycles. The van der Waals surface area contributed by atoms with Crippen molar-refractivity contribution >= 4 is 76.9 Å². The van der Waals surface area contributed by atoms with Gasteiger partial charge in [0.1, 0.15) is 36.3 Å². The number of primary amides is 1. The van der Waals surface area contributed by atoms with Crippen molar-refractivity contribution < 1.29 is 58.2 Å². The summed E-state index contributed by atoms with van der Waals surface area (Å²) in [6.07, 6.45) is 1.17. The minimum Gasteiger partial charge on any atom is -0.481 e. The highest BCUT2D eigenvalue weighted by Crippen LogP contribution is 2.10. The molecule has 0 aromatic carbocycles. The molecule has 63 heavy (non-hydrogen) atoms. The van der Waals surface area contributed by atoms with E-state index in [1.807, 2.05) is 0 Å². The van der Waals surface area contributed by atoms with Gasteiger partial charge >= 0.3 is 11.9 Å². The molecule has 25 nitrogen and oxygen atoms in total. The second-order valence-corrected chi connectivity index (χ2v) is 16.0. The van der Waals surface area contributed by atoms with Gasteiger partial charge in [-0.25, -0.2) is 4.79 Å². The molecule has 0 aliphatic carbocycles. The Kier molecular flexibility index (Phi) is 28.3. The van der Waals surface area contributed by atoms with E-state index < -0.39 is 121 Å². The van der Waals surface area contributed by atoms with E-state index in [-0.39, 0.29) is 62.7 Å². The summed E-state index contributed by atoms with van der Waals surface area (Å²) in [5, 5.41) is 36.0. The van der Waals surface area contributed by atoms with Gasteiger partial charge in [-0.3, -0.25) is 48.1 Å². The SMILES string of the molecule is CSCC[C@H](NC(=O)[C@H](CC(=O)O)NC(=O)[C@H](CCCCN)NC(=O)[C@H](C)N)C(=O)N[C@@H](CCC(N)=O)C(=O)N[C@@H](CC(C)C)C(=O)NCC(=O)N[C@@H](CCCN=C(N)N)C(=O)O. The van der Waals surface area contributed by atoms with E-state index in [1.54, 1.807) is 20.1 Å². The van der Waals surface area contributed by atoms with Crippen molar-refractivity contribution in [2.24, 2.45) is 39.6 Å². The molecule has 0 aromatic heterocycles. The molecule has 0 heterocycles. The van der Waals surface area contributed by atoms with E-state index >= 15 is 0 Å². The van der Waals surface area contributed by atoms with Crippen LogP contribution in [0, 0.1) is 5.92 Å². The van der Waals surface area contributed by atoms with E-state index in [0.29, 0.717) is 19.4 Å². The molecule has 0 spiro atoms. The Hall–Kier alpha value is -5.76. The molecule has 19 N–H and O–H groups in total. The molecule has 0 saturated heterocycles. The van der Waals surface area contributed by atoms with E-state index in [2.05, 4.69) is 42.2 Å². The normalized spacial score (nSPS) is 14.2. The molecule has 0 unspecified atom stereocenters. The average molecular weight is 918 g/mol. The number of thioether (sulfide) groups is 1. The third-order valence-corrected chi connectivity index (χ3v) is 9.55. The zero-order valence-corrected chi connectivity index (χ0v) is 37.1. The number of unbranched alkanes of at least 4 members (excludes halogenated alkanes) is 1. The zero-order valence-electron chi connectivity index (χ0n) is 36.2. The minimum atomic E-state index is -1.74. The first-order valence-electron chi connectivity index (χ1n) is 20.3. The maximum Gasteiger partial charge on any atom is 0.326 e. The number of nitrogens with zero attached hydrogens (tertiary/aromatic N) is 1. The number of nitrogens with two attached hydrogens (primary N) is 5. The summed E-state index contributed by atoms with van der Waals surface area (Å²) in [6, 6.07) is -9.49. The first kappa shape index (κ1) is 57.2. The Balaban J connectivity index is 6.23. The molecule has 0 bridgehead atoms. The molecule has 0 saturated carbocycles. The second-order valence-electron chi connectivity index (χ2n) is 15.0. The van der Waals surface area contributed by atoms with Gasteiger partial charge in [-0.15, -0.1) is 0 Å². The third-order valence-electron chi connectivity index (χ3n) is 8.90. The number of guanidine groups is 1. The average Bonchev–Trinajstić information content (AvgIpc) is 3.19. The molecule has 0 aliphatic rings. The largest absolute Gasteiger partial charge is 0.481 e. The lowest BCUT2D eigenvalue weighted by Gasteiger charge is -2.27. The number of aliphatic carboxylic acids is 2. The number of aliphatic imine (C=N–C) groups is 1. The molecule has 7 atom stereocenters. The number of carbonyl (C=O) groups excluding carboxylic acids is 8. The Morgan fingerprint density at radius 3 is 1.62 bits per heavy atom. The predicted molar refractivity (Wildman–Crippen MR) is 232 cm³/mol. The number of carbonyl (C=O) groups is 10. The quantitative estimate of drug-likeness (QED) is 0.0167. The molecular formula is C37H67N13O12S. The van der Waals surface area contributed by atoms with E-state index in [4.69, 9.17) is 28.7 Å². The van der Waals surface area contributed by atoms with Crippen LogP contribution in [0.3, 0.4) is 0 Å². The summed E-state index contributed by atoms with van der Waals surface area (Å²) >= 11 is 1.29. The van der Waals surface area contributed by atoms with Gasteiger partial charge in [-0.05, 0) is 82.8 Å². The van der Waals surface area contributed by atoms with Crippen LogP contribution in [-0.4, -0.2) is 149 Å². The summed E-state index contributed by atoms with van der Waals surface area (Å²) in [5.41, 5.74) is 27.1. The molecule has 26 heteroatoms. The molecule has 8 amide bonds. The van der Waals surface area contributed by atoms with Crippen molar-refractivity contribution in [3.8, 4) is 0 Å². The van der Waals surface area contributed by atoms with Crippen LogP contribution in [0.1, 0.15) is 85.0 Å². The number of hydrogen-bond donors (Lipinski definition) is 14. The Bertz CT molecular complexity index is 1600. The summed E-state index contributed by atoms with van der Waals surface area (Å²) in [7, 11) is 0. The number of nitrogens with one attached hydrogen (secondary N) is 7. The van der Waals surface area contributed by atoms with Crippen LogP contribution in [0.5, 0.6) is 0 Å². The highest BCUT2D eigenvalue weighted by Gasteiger charge is 2.34. The molecule has 0 rings (SSSR count). The van der Waals surface area contributed by atoms with Crippen LogP contribution in [0.2, 0.25) is 0 Å². The molecule has 0 aromatic rings. The number of amides is 8. The maximum atomic E-state index is 13.8. The topological polar surface area (TPSA) is 438 Å². The van der Waals surface area contributed by atoms with Crippen molar-refractivity contribution in [1.29, 1.82) is 0 Å². The van der Waals surface area contributed by atoms with Gasteiger partial charge < -0.3 is 76.1 Å². The van der Waals surface area contributed by atoms with Crippen LogP contribution >= 0.6 is 11.8 Å². The van der Waals surface area contributed by atoms with E-state index in [0.717, 1.165) is 0 Å². The van der Waals surface area contributed by atoms with Gasteiger partial charge in [-0.2, -0.15) is 11.8 Å². The van der Waals surface area contributed by atoms with Crippen LogP contribution in [0.15, 0.2) is 4.99 Å². The van der Waals surface area contributed by atoms with Crippen molar-refractivity contribution in [1.82, 2.24) is 37.2 Å². The van der Waals surface area contributed by atoms with Crippen LogP contribution < -0.4 is 65.9 Å². The summed E-state index contributed by atoms with van der Waals surface area (Å²) in [5.74, 6) is -9.99. The van der Waals surface area contributed by atoms with Crippen molar-refractivity contribution in [3.05, 3.63) is 0 Å². The van der Waals surface area contributed by atoms with Crippen LogP contribution in [0.25, 0.3) is 0 Å². The first-order chi connectivity index (χ1) is 29.5. The third kappa shape index (κ3) is 25.7. The second kappa shape index (κ2) is 31.1. The van der Waals surface area contributed by atoms with Crippen molar-refractivity contribution in [2.45, 2.75) is 127 Å². The number of carboxylic acids is 2. The summed E-state index contributed by atoms with van der Waals surface area (Å²) in [6.45, 7) is 4.61. The van der Waals surface area contributed by atoms with Gasteiger partial charge in [-0.1, -0.05) is 13.8 Å². The van der Waals surface area contributed by atoms with Gasteiger partial charge in [0.2, 0.25) is 47.3 Å². The Morgan fingerprint density at radius 1 is 0.619 bits per heavy atom. The molecule has 358 valence electrons. The smallest absolute Gasteiger partial charge is 0.326 e. The lowest BCUT2D eigenvalue weighted by Crippen LogP contribution is -2.60. The monoisotopic (exact) mass is 917 g/mol. The molecule has 0 fully saturated rings. The Labute approximate surface area is 370 Å². The van der Waals surface area contributed by atoms with Crippen molar-refractivity contribution in [3.63, 3.8) is 0 Å². The molecular weight excluding hydrogens is 851 g/mol. The first-order valence-corrected chi connectivity index (χ1v) is 21.7. The lowest BCUT2D eigenvalue weighted by atomic mass is 10.0. The minimum absolute atomic E-state index is 0.0239. The summed E-state index contributed by atoms with van der Waals surface area (Å²) in [4.78, 5) is 132. The van der Waals surface area contributed by atoms with Crippen molar-refractivity contribution in [2.75, 3.05) is 31.6 Å². The van der Waals surface area contributed by atoms with Crippen LogP contribution in [0.4, 0.5) is 0 Å². The van der Waals surface area contributed by atoms with E-state index in [1.165, 1.54) is 18.7 Å². The highest BCUT2D eigenvalue weighted by atomic mass is 32.2.